The first-order valence-electron chi connectivity index (χ1n) is 7.40. The Bertz CT molecular complexity index is 797. The minimum Gasteiger partial charge on any atom is -0.477 e. The summed E-state index contributed by atoms with van der Waals surface area (Å²) < 4.78 is 5.20. The number of carboxylic acid groups (broad SMARTS) is 1. The minimum atomic E-state index is -1.27. The molecule has 0 fully saturated rings. The molecule has 0 aliphatic carbocycles. The molecule has 1 aliphatic heterocycles. The maximum absolute atomic E-state index is 11.7. The highest BCUT2D eigenvalue weighted by Gasteiger charge is 2.23. The molecule has 1 aromatic heterocycles. The Kier molecular flexibility index (Phi) is 3.52. The van der Waals surface area contributed by atoms with E-state index in [4.69, 9.17) is 9.52 Å². The molecule has 2 aromatic rings. The molecule has 3 rings (SSSR count). The predicted octanol–water partition coefficient (Wildman–Crippen LogP) is 2.16. The number of fused-ring (bicyclic) bond motifs is 2. The normalized spacial score (nSPS) is 14.3. The van der Waals surface area contributed by atoms with E-state index in [1.807, 2.05) is 12.1 Å². The van der Waals surface area contributed by atoms with E-state index in [1.165, 1.54) is 6.07 Å². The fourth-order valence-electron chi connectivity index (χ4n) is 2.94. The molecule has 0 saturated carbocycles. The van der Waals surface area contributed by atoms with E-state index in [2.05, 4.69) is 23.6 Å². The van der Waals surface area contributed by atoms with E-state index in [0.29, 0.717) is 11.0 Å². The van der Waals surface area contributed by atoms with Crippen molar-refractivity contribution in [1.82, 2.24) is 0 Å². The van der Waals surface area contributed by atoms with Gasteiger partial charge < -0.3 is 19.3 Å². The van der Waals surface area contributed by atoms with E-state index >= 15 is 0 Å². The van der Waals surface area contributed by atoms with Crippen LogP contribution >= 0.6 is 0 Å². The molecule has 6 heteroatoms. The van der Waals surface area contributed by atoms with Crippen LogP contribution in [0.3, 0.4) is 0 Å². The molecule has 22 heavy (non-hydrogen) atoms. The summed E-state index contributed by atoms with van der Waals surface area (Å²) in [5.41, 5.74) is 1.34. The maximum atomic E-state index is 11.7. The van der Waals surface area contributed by atoms with Crippen LogP contribution in [0, 0.1) is 0 Å². The SMILES string of the molecule is CCN1CCN(CC)c2cc3oc(=O)c(C(=O)O)cc3cc21. The molecule has 1 N–H and O–H groups in total. The highest BCUT2D eigenvalue weighted by Crippen LogP contribution is 2.36. The topological polar surface area (TPSA) is 74.0 Å². The number of carbonyl (C=O) groups is 1. The van der Waals surface area contributed by atoms with Gasteiger partial charge in [-0.1, -0.05) is 0 Å². The molecular formula is C16H18N2O4. The predicted molar refractivity (Wildman–Crippen MR) is 85.2 cm³/mol. The van der Waals surface area contributed by atoms with Gasteiger partial charge in [0.05, 0.1) is 11.4 Å². The van der Waals surface area contributed by atoms with Crippen LogP contribution in [-0.4, -0.2) is 37.3 Å². The van der Waals surface area contributed by atoms with Gasteiger partial charge >= 0.3 is 11.6 Å². The quantitative estimate of drug-likeness (QED) is 0.876. The maximum Gasteiger partial charge on any atom is 0.351 e. The van der Waals surface area contributed by atoms with Gasteiger partial charge in [-0.25, -0.2) is 9.59 Å². The average molecular weight is 302 g/mol. The van der Waals surface area contributed by atoms with Crippen molar-refractivity contribution in [3.05, 3.63) is 34.2 Å². The summed E-state index contributed by atoms with van der Waals surface area (Å²) in [6, 6.07) is 5.14. The van der Waals surface area contributed by atoms with Gasteiger partial charge in [-0.05, 0) is 26.0 Å². The second-order valence-corrected chi connectivity index (χ2v) is 5.29. The van der Waals surface area contributed by atoms with Gasteiger partial charge in [-0.2, -0.15) is 0 Å². The molecule has 0 spiro atoms. The lowest BCUT2D eigenvalue weighted by molar-refractivity contribution is 0.0692. The number of nitrogens with zero attached hydrogens (tertiary/aromatic N) is 2. The van der Waals surface area contributed by atoms with Crippen LogP contribution < -0.4 is 15.4 Å². The molecule has 116 valence electrons. The molecule has 1 aliphatic rings. The molecule has 0 atom stereocenters. The fourth-order valence-corrected chi connectivity index (χ4v) is 2.94. The third kappa shape index (κ3) is 2.20. The van der Waals surface area contributed by atoms with Gasteiger partial charge in [-0.3, -0.25) is 0 Å². The molecule has 6 nitrogen and oxygen atoms in total. The van der Waals surface area contributed by atoms with Crippen LogP contribution in [0.1, 0.15) is 24.2 Å². The van der Waals surface area contributed by atoms with Crippen molar-refractivity contribution < 1.29 is 14.3 Å². The molecule has 2 heterocycles. The van der Waals surface area contributed by atoms with Crippen LogP contribution in [0.4, 0.5) is 11.4 Å². The monoisotopic (exact) mass is 302 g/mol. The van der Waals surface area contributed by atoms with E-state index in [-0.39, 0.29) is 5.56 Å². The first-order chi connectivity index (χ1) is 10.5. The van der Waals surface area contributed by atoms with E-state index in [1.54, 1.807) is 0 Å². The van der Waals surface area contributed by atoms with E-state index in [0.717, 1.165) is 37.6 Å². The number of rotatable bonds is 3. The summed E-state index contributed by atoms with van der Waals surface area (Å²) in [7, 11) is 0. The van der Waals surface area contributed by atoms with Crippen LogP contribution in [0.2, 0.25) is 0 Å². The zero-order valence-corrected chi connectivity index (χ0v) is 12.6. The second kappa shape index (κ2) is 5.36. The van der Waals surface area contributed by atoms with Gasteiger partial charge in [0, 0.05) is 37.6 Å². The third-order valence-corrected chi connectivity index (χ3v) is 4.14. The number of carboxylic acids is 1. The van der Waals surface area contributed by atoms with Gasteiger partial charge in [0.1, 0.15) is 11.1 Å². The Hall–Kier alpha value is -2.50. The number of hydrogen-bond donors (Lipinski definition) is 1. The lowest BCUT2D eigenvalue weighted by atomic mass is 10.1. The van der Waals surface area contributed by atoms with Crippen molar-refractivity contribution in [3.8, 4) is 0 Å². The van der Waals surface area contributed by atoms with Crippen LogP contribution in [0.15, 0.2) is 27.4 Å². The Labute approximate surface area is 127 Å². The summed E-state index contributed by atoms with van der Waals surface area (Å²) in [5, 5.41) is 9.69. The van der Waals surface area contributed by atoms with Crippen molar-refractivity contribution in [2.24, 2.45) is 0 Å². The number of anilines is 2. The van der Waals surface area contributed by atoms with Crippen LogP contribution in [-0.2, 0) is 0 Å². The Morgan fingerprint density at radius 1 is 1.14 bits per heavy atom. The second-order valence-electron chi connectivity index (χ2n) is 5.29. The third-order valence-electron chi connectivity index (χ3n) is 4.14. The summed E-state index contributed by atoms with van der Waals surface area (Å²) in [6.07, 6.45) is 0. The van der Waals surface area contributed by atoms with Crippen LogP contribution in [0.25, 0.3) is 11.0 Å². The largest absolute Gasteiger partial charge is 0.477 e. The highest BCUT2D eigenvalue weighted by atomic mass is 16.4. The minimum absolute atomic E-state index is 0.335. The Morgan fingerprint density at radius 3 is 2.27 bits per heavy atom. The molecule has 0 bridgehead atoms. The van der Waals surface area contributed by atoms with Gasteiger partial charge in [-0.15, -0.1) is 0 Å². The zero-order valence-electron chi connectivity index (χ0n) is 12.6. The first kappa shape index (κ1) is 14.4. The summed E-state index contributed by atoms with van der Waals surface area (Å²) in [4.78, 5) is 27.3. The molecule has 0 amide bonds. The molecule has 0 radical (unpaired) electrons. The van der Waals surface area contributed by atoms with Gasteiger partial charge in [0.2, 0.25) is 0 Å². The van der Waals surface area contributed by atoms with Crippen molar-refractivity contribution in [2.45, 2.75) is 13.8 Å². The molecular weight excluding hydrogens is 284 g/mol. The van der Waals surface area contributed by atoms with Gasteiger partial charge in [0.15, 0.2) is 0 Å². The lowest BCUT2D eigenvalue weighted by Crippen LogP contribution is -2.40. The number of aromatic carboxylic acids is 1. The fraction of sp³-hybridized carbons (Fsp3) is 0.375. The van der Waals surface area contributed by atoms with Crippen molar-refractivity contribution in [2.75, 3.05) is 36.0 Å². The Balaban J connectivity index is 2.26. The smallest absolute Gasteiger partial charge is 0.351 e. The molecule has 0 unspecified atom stereocenters. The van der Waals surface area contributed by atoms with Crippen molar-refractivity contribution in [1.29, 1.82) is 0 Å². The Morgan fingerprint density at radius 2 is 1.73 bits per heavy atom. The van der Waals surface area contributed by atoms with E-state index in [9.17, 15) is 9.59 Å². The molecule has 1 aromatic carbocycles. The first-order valence-corrected chi connectivity index (χ1v) is 7.40. The van der Waals surface area contributed by atoms with Crippen molar-refractivity contribution >= 4 is 28.3 Å². The number of likely N-dealkylation sites (N-methyl/N-ethyl adjacent to an activating group) is 2. The lowest BCUT2D eigenvalue weighted by Gasteiger charge is -2.38. The van der Waals surface area contributed by atoms with Gasteiger partial charge in [0.25, 0.3) is 0 Å². The summed E-state index contributed by atoms with van der Waals surface area (Å²) in [6.45, 7) is 7.75. The molecule has 0 saturated heterocycles. The van der Waals surface area contributed by atoms with E-state index < -0.39 is 11.6 Å². The van der Waals surface area contributed by atoms with Crippen molar-refractivity contribution in [3.63, 3.8) is 0 Å². The highest BCUT2D eigenvalue weighted by molar-refractivity contribution is 5.95. The summed E-state index contributed by atoms with van der Waals surface area (Å²) in [5.74, 6) is -1.27. The standard InChI is InChI=1S/C16H18N2O4/c1-3-17-5-6-18(4-2)13-9-14-10(8-12(13)17)7-11(15(19)20)16(21)22-14/h7-9H,3-6H2,1-2H3,(H,19,20). The summed E-state index contributed by atoms with van der Waals surface area (Å²) >= 11 is 0. The number of hydrogen-bond acceptors (Lipinski definition) is 5. The zero-order chi connectivity index (χ0) is 15.9. The number of benzene rings is 1. The van der Waals surface area contributed by atoms with Crippen LogP contribution in [0.5, 0.6) is 0 Å². The average Bonchev–Trinajstić information content (AvgIpc) is 2.51.